The van der Waals surface area contributed by atoms with Gasteiger partial charge in [0.25, 0.3) is 5.91 Å². The molecule has 0 saturated carbocycles. The molecule has 0 aromatic heterocycles. The second kappa shape index (κ2) is 10.1. The first kappa shape index (κ1) is 17.2. The largest absolute Gasteiger partial charge is 0.450 e. The Hall–Kier alpha value is -1.83. The molecule has 0 aliphatic heterocycles. The third-order valence-electron chi connectivity index (χ3n) is 2.39. The maximum Gasteiger partial charge on any atom is 0.407 e. The first-order chi connectivity index (χ1) is 9.01. The van der Waals surface area contributed by atoms with E-state index < -0.39 is 23.9 Å². The van der Waals surface area contributed by atoms with Crippen LogP contribution in [0.2, 0.25) is 0 Å². The van der Waals surface area contributed by atoms with E-state index in [-0.39, 0.29) is 13.0 Å². The fourth-order valence-corrected chi connectivity index (χ4v) is 1.39. The molecule has 110 valence electrons. The molecule has 0 fully saturated rings. The highest BCUT2D eigenvalue weighted by atomic mass is 16.5. The van der Waals surface area contributed by atoms with Crippen LogP contribution in [0.1, 0.15) is 39.0 Å². The SMILES string of the molecule is CCCCCCOC(=O)N[C@H](CC(N)=O)C(=O)NN. The van der Waals surface area contributed by atoms with E-state index in [9.17, 15) is 14.4 Å². The average molecular weight is 274 g/mol. The van der Waals surface area contributed by atoms with Crippen molar-refractivity contribution in [2.24, 2.45) is 11.6 Å². The minimum atomic E-state index is -1.12. The molecule has 0 aromatic rings. The Morgan fingerprint density at radius 1 is 1.21 bits per heavy atom. The predicted octanol–water partition coefficient (Wildman–Crippen LogP) is -0.473. The first-order valence-electron chi connectivity index (χ1n) is 6.23. The fraction of sp³-hybridized carbons (Fsp3) is 0.727. The highest BCUT2D eigenvalue weighted by Gasteiger charge is 2.22. The third kappa shape index (κ3) is 8.83. The van der Waals surface area contributed by atoms with Gasteiger partial charge in [0.05, 0.1) is 13.0 Å². The molecule has 0 heterocycles. The number of nitrogens with two attached hydrogens (primary N) is 2. The summed E-state index contributed by atoms with van der Waals surface area (Å²) in [6.45, 7) is 2.34. The molecule has 0 unspecified atom stereocenters. The van der Waals surface area contributed by atoms with Gasteiger partial charge in [-0.2, -0.15) is 0 Å². The van der Waals surface area contributed by atoms with Gasteiger partial charge >= 0.3 is 6.09 Å². The molecule has 6 N–H and O–H groups in total. The number of ether oxygens (including phenoxy) is 1. The molecule has 0 rings (SSSR count). The molecule has 0 saturated heterocycles. The number of carbonyl (C=O) groups is 3. The molecule has 0 bridgehead atoms. The molecule has 8 heteroatoms. The molecule has 8 nitrogen and oxygen atoms in total. The summed E-state index contributed by atoms with van der Waals surface area (Å²) in [5, 5.41) is 2.24. The van der Waals surface area contributed by atoms with Crippen molar-refractivity contribution in [3.63, 3.8) is 0 Å². The van der Waals surface area contributed by atoms with E-state index in [2.05, 4.69) is 12.2 Å². The summed E-state index contributed by atoms with van der Waals surface area (Å²) in [6, 6.07) is -1.12. The minimum absolute atomic E-state index is 0.263. The molecule has 0 spiro atoms. The summed E-state index contributed by atoms with van der Waals surface area (Å²) in [4.78, 5) is 33.4. The Labute approximate surface area is 112 Å². The molecule has 0 aliphatic rings. The molecule has 0 aromatic carbocycles. The van der Waals surface area contributed by atoms with Crippen molar-refractivity contribution in [1.29, 1.82) is 0 Å². The van der Waals surface area contributed by atoms with Gasteiger partial charge in [-0.3, -0.25) is 15.0 Å². The molecule has 1 atom stereocenters. The first-order valence-corrected chi connectivity index (χ1v) is 6.23. The van der Waals surface area contributed by atoms with Crippen molar-refractivity contribution in [2.75, 3.05) is 6.61 Å². The lowest BCUT2D eigenvalue weighted by Gasteiger charge is -2.15. The van der Waals surface area contributed by atoms with Crippen molar-refractivity contribution < 1.29 is 19.1 Å². The topological polar surface area (TPSA) is 137 Å². The van der Waals surface area contributed by atoms with Gasteiger partial charge in [0.2, 0.25) is 5.91 Å². The Bertz CT molecular complexity index is 309. The number of carbonyl (C=O) groups excluding carboxylic acids is 3. The fourth-order valence-electron chi connectivity index (χ4n) is 1.39. The second-order valence-corrected chi connectivity index (χ2v) is 4.07. The van der Waals surface area contributed by atoms with Crippen LogP contribution in [-0.4, -0.2) is 30.6 Å². The molecular formula is C11H22N4O4. The van der Waals surface area contributed by atoms with Crippen LogP contribution in [0.15, 0.2) is 0 Å². The zero-order valence-electron chi connectivity index (χ0n) is 11.1. The number of alkyl carbamates (subject to hydrolysis) is 1. The van der Waals surface area contributed by atoms with Gasteiger partial charge in [0, 0.05) is 0 Å². The van der Waals surface area contributed by atoms with Gasteiger partial charge in [-0.25, -0.2) is 10.6 Å². The van der Waals surface area contributed by atoms with Gasteiger partial charge in [0.15, 0.2) is 0 Å². The van der Waals surface area contributed by atoms with E-state index in [0.29, 0.717) is 0 Å². The number of amides is 3. The van der Waals surface area contributed by atoms with Crippen molar-refractivity contribution in [3.05, 3.63) is 0 Å². The van der Waals surface area contributed by atoms with Gasteiger partial charge in [0.1, 0.15) is 6.04 Å². The average Bonchev–Trinajstić information content (AvgIpc) is 2.36. The Balaban J connectivity index is 4.02. The number of hydrogen-bond acceptors (Lipinski definition) is 5. The van der Waals surface area contributed by atoms with E-state index >= 15 is 0 Å². The van der Waals surface area contributed by atoms with Crippen LogP contribution in [0.5, 0.6) is 0 Å². The van der Waals surface area contributed by atoms with Crippen LogP contribution in [0.3, 0.4) is 0 Å². The quantitative estimate of drug-likeness (QED) is 0.195. The van der Waals surface area contributed by atoms with Crippen molar-refractivity contribution in [2.45, 2.75) is 45.1 Å². The van der Waals surface area contributed by atoms with Crippen LogP contribution >= 0.6 is 0 Å². The van der Waals surface area contributed by atoms with Crippen molar-refractivity contribution in [1.82, 2.24) is 10.7 Å². The molecule has 3 amide bonds. The number of rotatable bonds is 9. The zero-order valence-corrected chi connectivity index (χ0v) is 11.1. The standard InChI is InChI=1S/C11H22N4O4/c1-2-3-4-5-6-19-11(18)14-8(7-9(12)16)10(17)15-13/h8H,2-7,13H2,1H3,(H2,12,16)(H,14,18)(H,15,17)/t8-/m1/s1. The zero-order chi connectivity index (χ0) is 14.7. The Kier molecular flexibility index (Phi) is 9.15. The summed E-state index contributed by atoms with van der Waals surface area (Å²) in [6.07, 6.45) is 2.77. The van der Waals surface area contributed by atoms with Crippen LogP contribution in [0.4, 0.5) is 4.79 Å². The lowest BCUT2D eigenvalue weighted by molar-refractivity contribution is -0.127. The molecule has 0 aliphatic carbocycles. The number of hydrogen-bond donors (Lipinski definition) is 4. The van der Waals surface area contributed by atoms with Gasteiger partial charge in [-0.1, -0.05) is 26.2 Å². The Morgan fingerprint density at radius 3 is 2.42 bits per heavy atom. The summed E-state index contributed by atoms with van der Waals surface area (Å²) < 4.78 is 4.87. The molecule has 0 radical (unpaired) electrons. The minimum Gasteiger partial charge on any atom is -0.450 e. The monoisotopic (exact) mass is 274 g/mol. The van der Waals surface area contributed by atoms with Crippen LogP contribution < -0.4 is 22.3 Å². The lowest BCUT2D eigenvalue weighted by atomic mass is 10.2. The van der Waals surface area contributed by atoms with Gasteiger partial charge < -0.3 is 15.8 Å². The normalized spacial score (nSPS) is 11.5. The Morgan fingerprint density at radius 2 is 1.89 bits per heavy atom. The van der Waals surface area contributed by atoms with E-state index in [1.165, 1.54) is 0 Å². The maximum atomic E-state index is 11.4. The highest BCUT2D eigenvalue weighted by Crippen LogP contribution is 1.99. The number of primary amides is 1. The van der Waals surface area contributed by atoms with Crippen molar-refractivity contribution >= 4 is 17.9 Å². The van der Waals surface area contributed by atoms with E-state index in [1.54, 1.807) is 0 Å². The third-order valence-corrected chi connectivity index (χ3v) is 2.39. The van der Waals surface area contributed by atoms with E-state index in [1.807, 2.05) is 5.43 Å². The van der Waals surface area contributed by atoms with E-state index in [4.69, 9.17) is 16.3 Å². The van der Waals surface area contributed by atoms with Gasteiger partial charge in [-0.05, 0) is 6.42 Å². The lowest BCUT2D eigenvalue weighted by Crippen LogP contribution is -2.50. The highest BCUT2D eigenvalue weighted by molar-refractivity contribution is 5.90. The second-order valence-electron chi connectivity index (χ2n) is 4.07. The van der Waals surface area contributed by atoms with Crippen LogP contribution in [0.25, 0.3) is 0 Å². The summed E-state index contributed by atoms with van der Waals surface area (Å²) >= 11 is 0. The summed E-state index contributed by atoms with van der Waals surface area (Å²) in [7, 11) is 0. The van der Waals surface area contributed by atoms with Crippen LogP contribution in [-0.2, 0) is 14.3 Å². The maximum absolute atomic E-state index is 11.4. The summed E-state index contributed by atoms with van der Waals surface area (Å²) in [5.74, 6) is 3.50. The molecular weight excluding hydrogens is 252 g/mol. The summed E-state index contributed by atoms with van der Waals surface area (Å²) in [5.41, 5.74) is 6.81. The van der Waals surface area contributed by atoms with Crippen molar-refractivity contribution in [3.8, 4) is 0 Å². The number of unbranched alkanes of at least 4 members (excludes halogenated alkanes) is 3. The molecule has 19 heavy (non-hydrogen) atoms. The van der Waals surface area contributed by atoms with E-state index in [0.717, 1.165) is 25.7 Å². The van der Waals surface area contributed by atoms with Crippen LogP contribution in [0, 0.1) is 0 Å². The van der Waals surface area contributed by atoms with Gasteiger partial charge in [-0.15, -0.1) is 0 Å². The smallest absolute Gasteiger partial charge is 0.407 e. The number of hydrazine groups is 1. The predicted molar refractivity (Wildman–Crippen MR) is 68.6 cm³/mol. The number of nitrogens with one attached hydrogen (secondary N) is 2.